The predicted molar refractivity (Wildman–Crippen MR) is 66.5 cm³/mol. The van der Waals surface area contributed by atoms with Gasteiger partial charge in [0.15, 0.2) is 0 Å². The van der Waals surface area contributed by atoms with E-state index in [2.05, 4.69) is 4.74 Å². The van der Waals surface area contributed by atoms with Gasteiger partial charge in [0.05, 0.1) is 0 Å². The Kier molecular flexibility index (Phi) is 12.2. The number of ether oxygens (including phenoxy) is 3. The van der Waals surface area contributed by atoms with E-state index in [1.807, 2.05) is 0 Å². The molecule has 0 aromatic rings. The van der Waals surface area contributed by atoms with E-state index < -0.39 is 12.3 Å². The molecule has 0 bridgehead atoms. The van der Waals surface area contributed by atoms with Crippen molar-refractivity contribution in [1.29, 1.82) is 0 Å². The van der Waals surface area contributed by atoms with Crippen molar-refractivity contribution in [3.63, 3.8) is 0 Å². The van der Waals surface area contributed by atoms with Gasteiger partial charge in [-0.1, -0.05) is 0 Å². The quantitative estimate of drug-likeness (QED) is 0.518. The molecule has 2 rings (SSSR count). The number of rotatable bonds is 0. The molecular weight excluding hydrogens is 256 g/mol. The molecule has 2 aliphatic rings. The summed E-state index contributed by atoms with van der Waals surface area (Å²) in [6, 6.07) is 0. The van der Waals surface area contributed by atoms with Gasteiger partial charge in [0, 0.05) is 26.4 Å². The van der Waals surface area contributed by atoms with Crippen molar-refractivity contribution < 1.29 is 34.0 Å². The number of hydrogen-bond acceptors (Lipinski definition) is 5. The Balaban J connectivity index is 0.000000256. The highest BCUT2D eigenvalue weighted by atomic mass is 16.7. The lowest BCUT2D eigenvalue weighted by Gasteiger charge is -2.08. The lowest BCUT2D eigenvalue weighted by molar-refractivity contribution is 0.0801. The van der Waals surface area contributed by atoms with Gasteiger partial charge in [-0.05, 0) is 38.5 Å². The van der Waals surface area contributed by atoms with Crippen LogP contribution in [-0.2, 0) is 14.2 Å². The minimum Gasteiger partial charge on any atom is -0.449 e. The molecule has 0 spiro atoms. The van der Waals surface area contributed by atoms with Crippen molar-refractivity contribution in [2.24, 2.45) is 0 Å². The van der Waals surface area contributed by atoms with Crippen molar-refractivity contribution in [2.45, 2.75) is 38.5 Å². The van der Waals surface area contributed by atoms with Crippen molar-refractivity contribution in [3.8, 4) is 0 Å². The van der Waals surface area contributed by atoms with E-state index in [4.69, 9.17) is 19.7 Å². The highest BCUT2D eigenvalue weighted by Crippen LogP contribution is 2.02. The molecule has 19 heavy (non-hydrogen) atoms. The molecule has 0 unspecified atom stereocenters. The van der Waals surface area contributed by atoms with Gasteiger partial charge in [0.2, 0.25) is 0 Å². The molecule has 2 fully saturated rings. The maximum atomic E-state index is 9.21. The monoisotopic (exact) mass is 278 g/mol. The van der Waals surface area contributed by atoms with Crippen LogP contribution in [0.15, 0.2) is 0 Å². The lowest BCUT2D eigenvalue weighted by Crippen LogP contribution is -2.05. The van der Waals surface area contributed by atoms with Gasteiger partial charge >= 0.3 is 12.3 Å². The zero-order valence-electron chi connectivity index (χ0n) is 11.0. The summed E-state index contributed by atoms with van der Waals surface area (Å²) in [5.74, 6) is 0. The maximum absolute atomic E-state index is 9.21. The van der Waals surface area contributed by atoms with Crippen LogP contribution in [0.2, 0.25) is 0 Å². The average molecular weight is 278 g/mol. The van der Waals surface area contributed by atoms with Crippen LogP contribution < -0.4 is 0 Å². The molecule has 0 amide bonds. The molecule has 0 saturated carbocycles. The first-order valence-corrected chi connectivity index (χ1v) is 6.42. The summed E-state index contributed by atoms with van der Waals surface area (Å²) in [5, 5.41) is 15.0. The Morgan fingerprint density at radius 2 is 1.00 bits per heavy atom. The molecule has 0 radical (unpaired) electrons. The molecule has 0 aromatic heterocycles. The summed E-state index contributed by atoms with van der Waals surface area (Å²) in [6.07, 6.45) is 4.24. The summed E-state index contributed by atoms with van der Waals surface area (Å²) >= 11 is 0. The third-order valence-electron chi connectivity index (χ3n) is 2.33. The van der Waals surface area contributed by atoms with Crippen LogP contribution in [0.25, 0.3) is 0 Å². The second kappa shape index (κ2) is 13.1. The van der Waals surface area contributed by atoms with Gasteiger partial charge in [-0.2, -0.15) is 0 Å². The standard InChI is InChI=1S/2C5H10O.C2H2O5/c2*1-2-4-6-5-3-1;3-1(4)7-2(5)6/h2*1-5H2;(H,3,4)(H,5,6). The zero-order chi connectivity index (χ0) is 14.3. The molecule has 7 nitrogen and oxygen atoms in total. The van der Waals surface area contributed by atoms with Crippen molar-refractivity contribution >= 4 is 12.3 Å². The van der Waals surface area contributed by atoms with E-state index in [9.17, 15) is 9.59 Å². The highest BCUT2D eigenvalue weighted by Gasteiger charge is 2.01. The molecule has 2 saturated heterocycles. The molecule has 2 aliphatic heterocycles. The largest absolute Gasteiger partial charge is 0.516 e. The van der Waals surface area contributed by atoms with Crippen LogP contribution in [0.4, 0.5) is 9.59 Å². The first-order valence-electron chi connectivity index (χ1n) is 6.42. The van der Waals surface area contributed by atoms with Crippen molar-refractivity contribution in [2.75, 3.05) is 26.4 Å². The molecule has 2 N–H and O–H groups in total. The van der Waals surface area contributed by atoms with Crippen molar-refractivity contribution in [3.05, 3.63) is 0 Å². The molecule has 0 atom stereocenters. The fourth-order valence-electron chi connectivity index (χ4n) is 1.45. The Bertz CT molecular complexity index is 187. The van der Waals surface area contributed by atoms with Crippen LogP contribution in [0, 0.1) is 0 Å². The van der Waals surface area contributed by atoms with E-state index in [1.54, 1.807) is 0 Å². The van der Waals surface area contributed by atoms with Gasteiger partial charge in [-0.25, -0.2) is 9.59 Å². The SMILES string of the molecule is C1CCOCC1.C1CCOCC1.O=C(O)OC(=O)O. The van der Waals surface area contributed by atoms with Gasteiger partial charge in [0.25, 0.3) is 0 Å². The minimum absolute atomic E-state index is 1.00. The molecule has 2 heterocycles. The number of hydrogen-bond donors (Lipinski definition) is 2. The van der Waals surface area contributed by atoms with Gasteiger partial charge in [-0.3, -0.25) is 0 Å². The van der Waals surface area contributed by atoms with Crippen LogP contribution >= 0.6 is 0 Å². The first-order chi connectivity index (χ1) is 9.13. The Morgan fingerprint density at radius 1 is 0.684 bits per heavy atom. The molecule has 7 heteroatoms. The smallest absolute Gasteiger partial charge is 0.449 e. The predicted octanol–water partition coefficient (Wildman–Crippen LogP) is 2.73. The van der Waals surface area contributed by atoms with Crippen LogP contribution in [0.5, 0.6) is 0 Å². The minimum atomic E-state index is -1.81. The van der Waals surface area contributed by atoms with Crippen LogP contribution in [0.1, 0.15) is 38.5 Å². The third-order valence-corrected chi connectivity index (χ3v) is 2.33. The van der Waals surface area contributed by atoms with E-state index in [0.717, 1.165) is 26.4 Å². The normalized spacial score (nSPS) is 17.9. The molecule has 0 aromatic carbocycles. The topological polar surface area (TPSA) is 102 Å². The first kappa shape index (κ1) is 17.7. The van der Waals surface area contributed by atoms with E-state index in [1.165, 1.54) is 38.5 Å². The zero-order valence-corrected chi connectivity index (χ0v) is 11.0. The van der Waals surface area contributed by atoms with Gasteiger partial charge in [-0.15, -0.1) is 0 Å². The fourth-order valence-corrected chi connectivity index (χ4v) is 1.45. The molecule has 0 aliphatic carbocycles. The Labute approximate surface area is 112 Å². The number of carbonyl (C=O) groups is 2. The molecular formula is C12H22O7. The number of carboxylic acid groups (broad SMARTS) is 2. The van der Waals surface area contributed by atoms with Crippen LogP contribution in [-0.4, -0.2) is 49.0 Å². The Hall–Kier alpha value is -1.34. The van der Waals surface area contributed by atoms with E-state index in [-0.39, 0.29) is 0 Å². The molecule has 112 valence electrons. The lowest BCUT2D eigenvalue weighted by atomic mass is 10.2. The second-order valence-corrected chi connectivity index (χ2v) is 3.98. The summed E-state index contributed by atoms with van der Waals surface area (Å²) in [4.78, 5) is 18.4. The third kappa shape index (κ3) is 16.7. The highest BCUT2D eigenvalue weighted by molar-refractivity contribution is 5.74. The Morgan fingerprint density at radius 3 is 1.05 bits per heavy atom. The van der Waals surface area contributed by atoms with Gasteiger partial charge in [0.1, 0.15) is 0 Å². The average Bonchev–Trinajstić information content (AvgIpc) is 2.42. The summed E-state index contributed by atoms with van der Waals surface area (Å²) in [7, 11) is 0. The van der Waals surface area contributed by atoms with E-state index in [0.29, 0.717) is 0 Å². The summed E-state index contributed by atoms with van der Waals surface area (Å²) in [5.41, 5.74) is 0. The summed E-state index contributed by atoms with van der Waals surface area (Å²) in [6.45, 7) is 4.00. The van der Waals surface area contributed by atoms with Gasteiger partial charge < -0.3 is 24.4 Å². The van der Waals surface area contributed by atoms with Crippen LogP contribution in [0.3, 0.4) is 0 Å². The summed E-state index contributed by atoms with van der Waals surface area (Å²) < 4.78 is 13.2. The van der Waals surface area contributed by atoms with E-state index >= 15 is 0 Å². The second-order valence-electron chi connectivity index (χ2n) is 3.98. The maximum Gasteiger partial charge on any atom is 0.516 e. The van der Waals surface area contributed by atoms with Crippen molar-refractivity contribution in [1.82, 2.24) is 0 Å². The fraction of sp³-hybridized carbons (Fsp3) is 0.833.